The van der Waals surface area contributed by atoms with Gasteiger partial charge in [0.25, 0.3) is 0 Å². The number of furan rings is 2. The van der Waals surface area contributed by atoms with Crippen LogP contribution in [0.15, 0.2) is 39.4 Å². The predicted octanol–water partition coefficient (Wildman–Crippen LogP) is 2.88. The Morgan fingerprint density at radius 2 is 2.17 bits per heavy atom. The Hall–Kier alpha value is -1.52. The zero-order valence-corrected chi connectivity index (χ0v) is 10.6. The molecule has 4 heteroatoms. The summed E-state index contributed by atoms with van der Waals surface area (Å²) < 4.78 is 16.1. The van der Waals surface area contributed by atoms with Gasteiger partial charge in [-0.15, -0.1) is 0 Å². The van der Waals surface area contributed by atoms with Crippen molar-refractivity contribution >= 4 is 0 Å². The zero-order valence-electron chi connectivity index (χ0n) is 10.6. The van der Waals surface area contributed by atoms with E-state index >= 15 is 0 Å². The van der Waals surface area contributed by atoms with Gasteiger partial charge in [-0.05, 0) is 44.2 Å². The Kier molecular flexibility index (Phi) is 5.05. The molecule has 0 spiro atoms. The smallest absolute Gasteiger partial charge is 0.129 e. The predicted molar refractivity (Wildman–Crippen MR) is 68.1 cm³/mol. The van der Waals surface area contributed by atoms with Crippen LogP contribution in [0.1, 0.15) is 23.7 Å². The molecule has 1 N–H and O–H groups in total. The summed E-state index contributed by atoms with van der Waals surface area (Å²) in [7, 11) is 0. The molecule has 2 heterocycles. The number of aryl methyl sites for hydroxylation is 1. The van der Waals surface area contributed by atoms with E-state index in [1.807, 2.05) is 31.2 Å². The lowest BCUT2D eigenvalue weighted by Gasteiger charge is -2.03. The van der Waals surface area contributed by atoms with Crippen LogP contribution in [0, 0.1) is 6.92 Å². The van der Waals surface area contributed by atoms with Crippen LogP contribution in [0.4, 0.5) is 0 Å². The minimum Gasteiger partial charge on any atom is -0.467 e. The molecule has 0 aromatic carbocycles. The monoisotopic (exact) mass is 249 g/mol. The third-order valence-electron chi connectivity index (χ3n) is 2.56. The van der Waals surface area contributed by atoms with Crippen molar-refractivity contribution < 1.29 is 13.6 Å². The normalized spacial score (nSPS) is 10.9. The van der Waals surface area contributed by atoms with Crippen LogP contribution in [0.25, 0.3) is 0 Å². The summed E-state index contributed by atoms with van der Waals surface area (Å²) in [6.07, 6.45) is 2.63. The molecule has 0 fully saturated rings. The van der Waals surface area contributed by atoms with Crippen molar-refractivity contribution in [2.75, 3.05) is 13.2 Å². The van der Waals surface area contributed by atoms with Gasteiger partial charge >= 0.3 is 0 Å². The molecule has 0 aliphatic carbocycles. The minimum atomic E-state index is 0.546. The molecule has 0 saturated heterocycles. The molecule has 0 atom stereocenters. The fourth-order valence-electron chi connectivity index (χ4n) is 1.66. The van der Waals surface area contributed by atoms with Crippen LogP contribution in [-0.2, 0) is 17.9 Å². The van der Waals surface area contributed by atoms with Gasteiger partial charge in [-0.3, -0.25) is 0 Å². The number of rotatable bonds is 8. The van der Waals surface area contributed by atoms with Crippen LogP contribution < -0.4 is 5.32 Å². The second kappa shape index (κ2) is 7.03. The zero-order chi connectivity index (χ0) is 12.6. The van der Waals surface area contributed by atoms with Crippen molar-refractivity contribution in [2.24, 2.45) is 0 Å². The molecule has 0 aliphatic rings. The van der Waals surface area contributed by atoms with Gasteiger partial charge in [-0.25, -0.2) is 0 Å². The van der Waals surface area contributed by atoms with E-state index in [0.717, 1.165) is 43.4 Å². The van der Waals surface area contributed by atoms with Crippen LogP contribution in [0.5, 0.6) is 0 Å². The van der Waals surface area contributed by atoms with Gasteiger partial charge in [0.2, 0.25) is 0 Å². The highest BCUT2D eigenvalue weighted by molar-refractivity contribution is 5.05. The first-order valence-corrected chi connectivity index (χ1v) is 6.21. The molecule has 0 bridgehead atoms. The number of nitrogens with one attached hydrogen (secondary N) is 1. The first-order valence-electron chi connectivity index (χ1n) is 6.21. The second-order valence-corrected chi connectivity index (χ2v) is 4.17. The third kappa shape index (κ3) is 4.39. The third-order valence-corrected chi connectivity index (χ3v) is 2.56. The van der Waals surface area contributed by atoms with Crippen molar-refractivity contribution in [3.8, 4) is 0 Å². The largest absolute Gasteiger partial charge is 0.467 e. The van der Waals surface area contributed by atoms with Gasteiger partial charge in [0, 0.05) is 6.61 Å². The Balaban J connectivity index is 1.46. The number of hydrogen-bond acceptors (Lipinski definition) is 4. The Bertz CT molecular complexity index is 434. The molecule has 0 saturated carbocycles. The van der Waals surface area contributed by atoms with Crippen molar-refractivity contribution in [1.82, 2.24) is 5.32 Å². The summed E-state index contributed by atoms with van der Waals surface area (Å²) in [5, 5.41) is 3.31. The molecule has 4 nitrogen and oxygen atoms in total. The van der Waals surface area contributed by atoms with Crippen molar-refractivity contribution in [1.29, 1.82) is 0 Å². The van der Waals surface area contributed by atoms with Crippen molar-refractivity contribution in [3.63, 3.8) is 0 Å². The molecule has 2 aromatic heterocycles. The van der Waals surface area contributed by atoms with Gasteiger partial charge in [0.15, 0.2) is 0 Å². The Labute approximate surface area is 107 Å². The SMILES string of the molecule is Cc1ccc(CNCCCOCc2ccco2)o1. The average molecular weight is 249 g/mol. The second-order valence-electron chi connectivity index (χ2n) is 4.17. The Morgan fingerprint density at radius 3 is 2.89 bits per heavy atom. The van der Waals surface area contributed by atoms with Gasteiger partial charge in [-0.2, -0.15) is 0 Å². The maximum absolute atomic E-state index is 5.48. The van der Waals surface area contributed by atoms with E-state index in [1.165, 1.54) is 0 Å². The van der Waals surface area contributed by atoms with Crippen LogP contribution in [0.2, 0.25) is 0 Å². The van der Waals surface area contributed by atoms with E-state index in [4.69, 9.17) is 13.6 Å². The van der Waals surface area contributed by atoms with E-state index in [-0.39, 0.29) is 0 Å². The van der Waals surface area contributed by atoms with Crippen molar-refractivity contribution in [2.45, 2.75) is 26.5 Å². The minimum absolute atomic E-state index is 0.546. The standard InChI is InChI=1S/C14H19NO3/c1-12-5-6-13(18-12)10-15-7-3-8-16-11-14-4-2-9-17-14/h2,4-6,9,15H,3,7-8,10-11H2,1H3. The van der Waals surface area contributed by atoms with E-state index in [0.29, 0.717) is 6.61 Å². The average Bonchev–Trinajstić information content (AvgIpc) is 3.00. The summed E-state index contributed by atoms with van der Waals surface area (Å²) in [4.78, 5) is 0. The molecule has 0 radical (unpaired) electrons. The topological polar surface area (TPSA) is 47.5 Å². The number of ether oxygens (including phenoxy) is 1. The van der Waals surface area contributed by atoms with Gasteiger partial charge in [0.1, 0.15) is 23.9 Å². The maximum atomic E-state index is 5.48. The summed E-state index contributed by atoms with van der Waals surface area (Å²) >= 11 is 0. The van der Waals surface area contributed by atoms with E-state index < -0.39 is 0 Å². The molecule has 18 heavy (non-hydrogen) atoms. The molecular formula is C14H19NO3. The van der Waals surface area contributed by atoms with E-state index in [1.54, 1.807) is 6.26 Å². The van der Waals surface area contributed by atoms with Gasteiger partial charge in [0.05, 0.1) is 12.8 Å². The van der Waals surface area contributed by atoms with Crippen molar-refractivity contribution in [3.05, 3.63) is 47.8 Å². The highest BCUT2D eigenvalue weighted by Gasteiger charge is 1.98. The Morgan fingerprint density at radius 1 is 1.22 bits per heavy atom. The maximum Gasteiger partial charge on any atom is 0.129 e. The quantitative estimate of drug-likeness (QED) is 0.731. The summed E-state index contributed by atoms with van der Waals surface area (Å²) in [5.74, 6) is 2.80. The van der Waals surface area contributed by atoms with Crippen LogP contribution in [-0.4, -0.2) is 13.2 Å². The molecule has 2 rings (SSSR count). The first-order chi connectivity index (χ1) is 8.84. The molecule has 2 aromatic rings. The summed E-state index contributed by atoms with van der Waals surface area (Å²) in [6.45, 7) is 4.91. The van der Waals surface area contributed by atoms with Gasteiger partial charge < -0.3 is 18.9 Å². The van der Waals surface area contributed by atoms with E-state index in [2.05, 4.69) is 5.32 Å². The molecule has 0 unspecified atom stereocenters. The lowest BCUT2D eigenvalue weighted by atomic mass is 10.4. The molecule has 0 aliphatic heterocycles. The number of hydrogen-bond donors (Lipinski definition) is 1. The van der Waals surface area contributed by atoms with Crippen LogP contribution >= 0.6 is 0 Å². The highest BCUT2D eigenvalue weighted by atomic mass is 16.5. The van der Waals surface area contributed by atoms with E-state index in [9.17, 15) is 0 Å². The summed E-state index contributed by atoms with van der Waals surface area (Å²) in [6, 6.07) is 7.75. The van der Waals surface area contributed by atoms with Crippen LogP contribution in [0.3, 0.4) is 0 Å². The van der Waals surface area contributed by atoms with Gasteiger partial charge in [-0.1, -0.05) is 0 Å². The lowest BCUT2D eigenvalue weighted by molar-refractivity contribution is 0.104. The lowest BCUT2D eigenvalue weighted by Crippen LogP contribution is -2.15. The highest BCUT2D eigenvalue weighted by Crippen LogP contribution is 2.05. The molecule has 98 valence electrons. The summed E-state index contributed by atoms with van der Waals surface area (Å²) in [5.41, 5.74) is 0. The fraction of sp³-hybridized carbons (Fsp3) is 0.429. The molecular weight excluding hydrogens is 230 g/mol. The molecule has 0 amide bonds. The first kappa shape index (κ1) is 12.9. The fourth-order valence-corrected chi connectivity index (χ4v) is 1.66.